The van der Waals surface area contributed by atoms with Crippen molar-refractivity contribution in [1.29, 1.82) is 0 Å². The third kappa shape index (κ3) is 3.07. The normalized spacial score (nSPS) is 22.3. The van der Waals surface area contributed by atoms with Gasteiger partial charge in [-0.15, -0.1) is 0 Å². The number of nitrogens with one attached hydrogen (secondary N) is 1. The summed E-state index contributed by atoms with van der Waals surface area (Å²) in [6.07, 6.45) is 0. The van der Waals surface area contributed by atoms with Gasteiger partial charge in [0, 0.05) is 29.8 Å². The molecule has 0 aromatic heterocycles. The molecule has 110 valence electrons. The zero-order valence-corrected chi connectivity index (χ0v) is 13.3. The SMILES string of the molecule is Cc1ccc(N2CC(C)NCC2c2ccccc2)cc1Cl. The molecule has 0 bridgehead atoms. The van der Waals surface area contributed by atoms with E-state index in [4.69, 9.17) is 11.6 Å². The van der Waals surface area contributed by atoms with Crippen molar-refractivity contribution in [3.63, 3.8) is 0 Å². The summed E-state index contributed by atoms with van der Waals surface area (Å²) < 4.78 is 0. The molecule has 3 rings (SSSR count). The highest BCUT2D eigenvalue weighted by molar-refractivity contribution is 6.31. The minimum absolute atomic E-state index is 0.348. The van der Waals surface area contributed by atoms with Crippen molar-refractivity contribution in [3.05, 3.63) is 64.7 Å². The zero-order valence-electron chi connectivity index (χ0n) is 12.5. The first kappa shape index (κ1) is 14.4. The van der Waals surface area contributed by atoms with Crippen molar-refractivity contribution < 1.29 is 0 Å². The van der Waals surface area contributed by atoms with Gasteiger partial charge in [0.05, 0.1) is 6.04 Å². The van der Waals surface area contributed by atoms with Gasteiger partial charge in [0.25, 0.3) is 0 Å². The first-order valence-electron chi connectivity index (χ1n) is 7.46. The molecule has 0 radical (unpaired) electrons. The van der Waals surface area contributed by atoms with E-state index in [2.05, 4.69) is 65.7 Å². The fraction of sp³-hybridized carbons (Fsp3) is 0.333. The first-order chi connectivity index (χ1) is 10.1. The smallest absolute Gasteiger partial charge is 0.0667 e. The van der Waals surface area contributed by atoms with E-state index in [0.29, 0.717) is 12.1 Å². The van der Waals surface area contributed by atoms with Crippen LogP contribution >= 0.6 is 11.6 Å². The van der Waals surface area contributed by atoms with Crippen LogP contribution in [-0.2, 0) is 0 Å². The highest BCUT2D eigenvalue weighted by atomic mass is 35.5. The number of hydrogen-bond acceptors (Lipinski definition) is 2. The fourth-order valence-electron chi connectivity index (χ4n) is 2.93. The highest BCUT2D eigenvalue weighted by Crippen LogP contribution is 2.32. The van der Waals surface area contributed by atoms with Crippen LogP contribution in [0, 0.1) is 6.92 Å². The van der Waals surface area contributed by atoms with Gasteiger partial charge in [-0.2, -0.15) is 0 Å². The van der Waals surface area contributed by atoms with Gasteiger partial charge in [0.1, 0.15) is 0 Å². The molecule has 0 spiro atoms. The van der Waals surface area contributed by atoms with E-state index in [-0.39, 0.29) is 0 Å². The minimum Gasteiger partial charge on any atom is -0.362 e. The molecule has 21 heavy (non-hydrogen) atoms. The summed E-state index contributed by atoms with van der Waals surface area (Å²) in [4.78, 5) is 2.46. The molecule has 1 fully saturated rings. The van der Waals surface area contributed by atoms with Crippen molar-refractivity contribution in [1.82, 2.24) is 5.32 Å². The quantitative estimate of drug-likeness (QED) is 0.895. The number of halogens is 1. The molecule has 3 heteroatoms. The molecule has 1 aliphatic heterocycles. The molecule has 1 saturated heterocycles. The van der Waals surface area contributed by atoms with Crippen LogP contribution in [0.25, 0.3) is 0 Å². The first-order valence-corrected chi connectivity index (χ1v) is 7.84. The predicted molar refractivity (Wildman–Crippen MR) is 90.2 cm³/mol. The average molecular weight is 301 g/mol. The number of piperazine rings is 1. The molecule has 1 N–H and O–H groups in total. The molecule has 0 saturated carbocycles. The summed E-state index contributed by atoms with van der Waals surface area (Å²) in [6.45, 7) is 6.21. The molecule has 1 heterocycles. The van der Waals surface area contributed by atoms with Crippen LogP contribution in [0.1, 0.15) is 24.1 Å². The van der Waals surface area contributed by atoms with E-state index in [9.17, 15) is 0 Å². The van der Waals surface area contributed by atoms with Crippen LogP contribution < -0.4 is 10.2 Å². The Balaban J connectivity index is 1.96. The van der Waals surface area contributed by atoms with Gasteiger partial charge in [-0.25, -0.2) is 0 Å². The van der Waals surface area contributed by atoms with E-state index >= 15 is 0 Å². The maximum Gasteiger partial charge on any atom is 0.0667 e. The van der Waals surface area contributed by atoms with Crippen LogP contribution in [0.4, 0.5) is 5.69 Å². The average Bonchev–Trinajstić information content (AvgIpc) is 2.51. The lowest BCUT2D eigenvalue weighted by Gasteiger charge is -2.41. The standard InChI is InChI=1S/C18H21ClN2/c1-13-8-9-16(10-17(13)19)21-12-14(2)20-11-18(21)15-6-4-3-5-7-15/h3-10,14,18,20H,11-12H2,1-2H3. The Kier molecular flexibility index (Phi) is 4.18. The second-order valence-electron chi connectivity index (χ2n) is 5.82. The third-order valence-electron chi connectivity index (χ3n) is 4.18. The summed E-state index contributed by atoms with van der Waals surface area (Å²) >= 11 is 6.32. The Hall–Kier alpha value is -1.51. The second-order valence-corrected chi connectivity index (χ2v) is 6.23. The van der Waals surface area contributed by atoms with Gasteiger partial charge < -0.3 is 10.2 Å². The van der Waals surface area contributed by atoms with Gasteiger partial charge in [-0.05, 0) is 37.1 Å². The molecular weight excluding hydrogens is 280 g/mol. The molecule has 2 nitrogen and oxygen atoms in total. The number of rotatable bonds is 2. The highest BCUT2D eigenvalue weighted by Gasteiger charge is 2.27. The predicted octanol–water partition coefficient (Wildman–Crippen LogP) is 4.19. The molecule has 0 aliphatic carbocycles. The molecule has 2 unspecified atom stereocenters. The van der Waals surface area contributed by atoms with Gasteiger partial charge in [0.15, 0.2) is 0 Å². The lowest BCUT2D eigenvalue weighted by atomic mass is 10.00. The maximum absolute atomic E-state index is 6.32. The zero-order chi connectivity index (χ0) is 14.8. The lowest BCUT2D eigenvalue weighted by Crippen LogP contribution is -2.51. The van der Waals surface area contributed by atoms with Crippen molar-refractivity contribution in [3.8, 4) is 0 Å². The summed E-state index contributed by atoms with van der Waals surface area (Å²) in [7, 11) is 0. The molecule has 2 aromatic rings. The van der Waals surface area contributed by atoms with Gasteiger partial charge >= 0.3 is 0 Å². The monoisotopic (exact) mass is 300 g/mol. The van der Waals surface area contributed by atoms with Gasteiger partial charge in [-0.1, -0.05) is 48.0 Å². The Morgan fingerprint density at radius 1 is 1.14 bits per heavy atom. The van der Waals surface area contributed by atoms with Crippen molar-refractivity contribution >= 4 is 17.3 Å². The van der Waals surface area contributed by atoms with E-state index in [1.165, 1.54) is 11.3 Å². The van der Waals surface area contributed by atoms with Crippen LogP contribution in [0.5, 0.6) is 0 Å². The summed E-state index contributed by atoms with van der Waals surface area (Å²) in [5, 5.41) is 4.42. The summed E-state index contributed by atoms with van der Waals surface area (Å²) in [5.74, 6) is 0. The van der Waals surface area contributed by atoms with Crippen LogP contribution in [0.3, 0.4) is 0 Å². The van der Waals surface area contributed by atoms with Crippen molar-refractivity contribution in [2.24, 2.45) is 0 Å². The van der Waals surface area contributed by atoms with Crippen LogP contribution in [0.2, 0.25) is 5.02 Å². The van der Waals surface area contributed by atoms with E-state index in [1.54, 1.807) is 0 Å². The number of hydrogen-bond donors (Lipinski definition) is 1. The topological polar surface area (TPSA) is 15.3 Å². The van der Waals surface area contributed by atoms with Crippen molar-refractivity contribution in [2.75, 3.05) is 18.0 Å². The molecule has 0 amide bonds. The number of benzene rings is 2. The number of anilines is 1. The third-order valence-corrected chi connectivity index (χ3v) is 4.59. The van der Waals surface area contributed by atoms with E-state index in [1.807, 2.05) is 6.92 Å². The summed E-state index contributed by atoms with van der Waals surface area (Å²) in [5.41, 5.74) is 3.67. The fourth-order valence-corrected chi connectivity index (χ4v) is 3.10. The Bertz CT molecular complexity index is 612. The van der Waals surface area contributed by atoms with Crippen molar-refractivity contribution in [2.45, 2.75) is 25.9 Å². The maximum atomic E-state index is 6.32. The van der Waals surface area contributed by atoms with Gasteiger partial charge in [0.2, 0.25) is 0 Å². The second kappa shape index (κ2) is 6.08. The Labute approximate surface area is 131 Å². The summed E-state index contributed by atoms with van der Waals surface area (Å²) in [6, 6.07) is 17.9. The molecular formula is C18H21ClN2. The Morgan fingerprint density at radius 2 is 1.90 bits per heavy atom. The van der Waals surface area contributed by atoms with E-state index in [0.717, 1.165) is 23.7 Å². The molecule has 2 aromatic carbocycles. The Morgan fingerprint density at radius 3 is 2.62 bits per heavy atom. The number of nitrogens with zero attached hydrogens (tertiary/aromatic N) is 1. The lowest BCUT2D eigenvalue weighted by molar-refractivity contribution is 0.416. The minimum atomic E-state index is 0.348. The van der Waals surface area contributed by atoms with Crippen LogP contribution in [-0.4, -0.2) is 19.1 Å². The largest absolute Gasteiger partial charge is 0.362 e. The molecule has 1 aliphatic rings. The molecule has 2 atom stereocenters. The van der Waals surface area contributed by atoms with Crippen LogP contribution in [0.15, 0.2) is 48.5 Å². The van der Waals surface area contributed by atoms with E-state index < -0.39 is 0 Å². The van der Waals surface area contributed by atoms with Gasteiger partial charge in [-0.3, -0.25) is 0 Å². The number of aryl methyl sites for hydroxylation is 1.